The average molecular weight is 369 g/mol. The van der Waals surface area contributed by atoms with Gasteiger partial charge in [-0.25, -0.2) is 0 Å². The zero-order valence-corrected chi connectivity index (χ0v) is 15.0. The smallest absolute Gasteiger partial charge is 0.269 e. The second-order valence-corrected chi connectivity index (χ2v) is 6.62. The van der Waals surface area contributed by atoms with Gasteiger partial charge < -0.3 is 10.1 Å². The van der Waals surface area contributed by atoms with E-state index >= 15 is 0 Å². The van der Waals surface area contributed by atoms with Crippen LogP contribution in [-0.4, -0.2) is 48.1 Å². The Morgan fingerprint density at radius 3 is 2.59 bits per heavy atom. The van der Waals surface area contributed by atoms with Gasteiger partial charge >= 0.3 is 0 Å². The highest BCUT2D eigenvalue weighted by Gasteiger charge is 2.21. The molecular weight excluding hydrogens is 346 g/mol. The van der Waals surface area contributed by atoms with E-state index in [1.54, 1.807) is 12.1 Å². The quantitative estimate of drug-likeness (QED) is 0.597. The van der Waals surface area contributed by atoms with Crippen LogP contribution in [0.1, 0.15) is 11.1 Å². The molecule has 0 aliphatic carbocycles. The van der Waals surface area contributed by atoms with E-state index in [2.05, 4.69) is 22.3 Å². The molecule has 1 aliphatic rings. The van der Waals surface area contributed by atoms with Gasteiger partial charge in [0.05, 0.1) is 24.1 Å². The van der Waals surface area contributed by atoms with Crippen LogP contribution >= 0.6 is 0 Å². The zero-order valence-electron chi connectivity index (χ0n) is 15.0. The van der Waals surface area contributed by atoms with Crippen LogP contribution < -0.4 is 5.32 Å². The average Bonchev–Trinajstić information content (AvgIpc) is 2.68. The first-order valence-corrected chi connectivity index (χ1v) is 8.98. The molecule has 1 unspecified atom stereocenters. The number of benzene rings is 2. The molecule has 1 heterocycles. The number of hydrogen-bond donors (Lipinski definition) is 1. The lowest BCUT2D eigenvalue weighted by atomic mass is 10.1. The number of nitrogens with one attached hydrogen (secondary N) is 1. The van der Waals surface area contributed by atoms with Gasteiger partial charge in [0.1, 0.15) is 0 Å². The number of carbonyl (C=O) groups excluding carboxylic acids is 1. The van der Waals surface area contributed by atoms with Crippen molar-refractivity contribution in [3.63, 3.8) is 0 Å². The monoisotopic (exact) mass is 369 g/mol. The molecule has 1 amide bonds. The first kappa shape index (κ1) is 19.0. The minimum absolute atomic E-state index is 0.0215. The van der Waals surface area contributed by atoms with Gasteiger partial charge in [-0.15, -0.1) is 0 Å². The molecule has 2 aromatic rings. The van der Waals surface area contributed by atoms with Crippen molar-refractivity contribution in [1.29, 1.82) is 0 Å². The summed E-state index contributed by atoms with van der Waals surface area (Å²) in [6.45, 7) is 3.62. The molecule has 1 atom stereocenters. The lowest BCUT2D eigenvalue weighted by molar-refractivity contribution is -0.384. The van der Waals surface area contributed by atoms with Gasteiger partial charge in [-0.1, -0.05) is 42.5 Å². The van der Waals surface area contributed by atoms with Gasteiger partial charge in [0, 0.05) is 38.3 Å². The van der Waals surface area contributed by atoms with Crippen molar-refractivity contribution in [3.05, 3.63) is 75.8 Å². The van der Waals surface area contributed by atoms with E-state index in [1.807, 2.05) is 18.2 Å². The van der Waals surface area contributed by atoms with Crippen LogP contribution in [0.2, 0.25) is 0 Å². The number of non-ortho nitro benzene ring substituents is 1. The van der Waals surface area contributed by atoms with E-state index in [-0.39, 0.29) is 24.1 Å². The maximum absolute atomic E-state index is 12.1. The first-order valence-electron chi connectivity index (χ1n) is 8.98. The number of morpholine rings is 1. The van der Waals surface area contributed by atoms with E-state index in [0.717, 1.165) is 25.2 Å². The Morgan fingerprint density at radius 2 is 1.89 bits per heavy atom. The third kappa shape index (κ3) is 5.87. The Balaban J connectivity index is 1.43. The number of hydrogen-bond acceptors (Lipinski definition) is 5. The molecule has 7 nitrogen and oxygen atoms in total. The number of nitro groups is 1. The second kappa shape index (κ2) is 9.25. The highest BCUT2D eigenvalue weighted by molar-refractivity contribution is 5.78. The standard InChI is InChI=1S/C20H23N3O4/c24-20(12-16-6-8-18(9-7-16)23(25)26)21-13-19-15-22(10-11-27-19)14-17-4-2-1-3-5-17/h1-9,19H,10-15H2,(H,21,24). The maximum atomic E-state index is 12.1. The fourth-order valence-electron chi connectivity index (χ4n) is 3.10. The van der Waals surface area contributed by atoms with Crippen LogP contribution in [0, 0.1) is 10.1 Å². The largest absolute Gasteiger partial charge is 0.374 e. The third-order valence-corrected chi connectivity index (χ3v) is 4.51. The van der Waals surface area contributed by atoms with Crippen LogP contribution in [0.4, 0.5) is 5.69 Å². The molecule has 1 saturated heterocycles. The van der Waals surface area contributed by atoms with Gasteiger partial charge in [-0.2, -0.15) is 0 Å². The fourth-order valence-corrected chi connectivity index (χ4v) is 3.10. The molecule has 0 aromatic heterocycles. The van der Waals surface area contributed by atoms with Gasteiger partial charge in [-0.3, -0.25) is 19.8 Å². The molecule has 27 heavy (non-hydrogen) atoms. The van der Waals surface area contributed by atoms with Crippen LogP contribution in [0.5, 0.6) is 0 Å². The summed E-state index contributed by atoms with van der Waals surface area (Å²) in [7, 11) is 0. The first-order chi connectivity index (χ1) is 13.1. The normalized spacial score (nSPS) is 17.4. The molecule has 0 saturated carbocycles. The summed E-state index contributed by atoms with van der Waals surface area (Å²) < 4.78 is 5.76. The molecule has 3 rings (SSSR count). The van der Waals surface area contributed by atoms with Crippen LogP contribution in [0.3, 0.4) is 0 Å². The van der Waals surface area contributed by atoms with E-state index in [4.69, 9.17) is 4.74 Å². The van der Waals surface area contributed by atoms with E-state index in [0.29, 0.717) is 13.2 Å². The molecule has 142 valence electrons. The topological polar surface area (TPSA) is 84.7 Å². The fraction of sp³-hybridized carbons (Fsp3) is 0.350. The number of carbonyl (C=O) groups is 1. The number of amides is 1. The van der Waals surface area contributed by atoms with Crippen molar-refractivity contribution in [2.45, 2.75) is 19.1 Å². The minimum atomic E-state index is -0.453. The lowest BCUT2D eigenvalue weighted by Gasteiger charge is -2.33. The van der Waals surface area contributed by atoms with Gasteiger partial charge in [-0.05, 0) is 11.1 Å². The molecule has 0 spiro atoms. The molecule has 0 bridgehead atoms. The van der Waals surface area contributed by atoms with Crippen LogP contribution in [0.15, 0.2) is 54.6 Å². The van der Waals surface area contributed by atoms with Crippen LogP contribution in [-0.2, 0) is 22.5 Å². The highest BCUT2D eigenvalue weighted by Crippen LogP contribution is 2.13. The van der Waals surface area contributed by atoms with Gasteiger partial charge in [0.25, 0.3) is 5.69 Å². The Hall–Kier alpha value is -2.77. The molecular formula is C20H23N3O4. The molecule has 1 N–H and O–H groups in total. The lowest BCUT2D eigenvalue weighted by Crippen LogP contribution is -2.47. The Labute approximate surface area is 158 Å². The number of nitrogens with zero attached hydrogens (tertiary/aromatic N) is 2. The summed E-state index contributed by atoms with van der Waals surface area (Å²) in [5.74, 6) is -0.118. The number of ether oxygens (including phenoxy) is 1. The summed E-state index contributed by atoms with van der Waals surface area (Å²) in [6, 6.07) is 16.3. The summed E-state index contributed by atoms with van der Waals surface area (Å²) in [6.07, 6.45) is 0.154. The second-order valence-electron chi connectivity index (χ2n) is 6.62. The zero-order chi connectivity index (χ0) is 19.1. The Morgan fingerprint density at radius 1 is 1.15 bits per heavy atom. The molecule has 0 radical (unpaired) electrons. The summed E-state index contributed by atoms with van der Waals surface area (Å²) in [5.41, 5.74) is 2.03. The van der Waals surface area contributed by atoms with Crippen molar-refractivity contribution < 1.29 is 14.5 Å². The molecule has 1 fully saturated rings. The highest BCUT2D eigenvalue weighted by atomic mass is 16.6. The van der Waals surface area contributed by atoms with Gasteiger partial charge in [0.15, 0.2) is 0 Å². The summed E-state index contributed by atoms with van der Waals surface area (Å²) >= 11 is 0. The summed E-state index contributed by atoms with van der Waals surface area (Å²) in [4.78, 5) is 24.7. The third-order valence-electron chi connectivity index (χ3n) is 4.51. The Bertz CT molecular complexity index is 765. The van der Waals surface area contributed by atoms with E-state index in [9.17, 15) is 14.9 Å². The molecule has 7 heteroatoms. The molecule has 1 aliphatic heterocycles. The predicted molar refractivity (Wildman–Crippen MR) is 101 cm³/mol. The minimum Gasteiger partial charge on any atom is -0.374 e. The number of nitro benzene ring substituents is 1. The molecule has 2 aromatic carbocycles. The van der Waals surface area contributed by atoms with Gasteiger partial charge in [0.2, 0.25) is 5.91 Å². The Kier molecular flexibility index (Phi) is 6.51. The van der Waals surface area contributed by atoms with Crippen molar-refractivity contribution in [1.82, 2.24) is 10.2 Å². The van der Waals surface area contributed by atoms with Crippen molar-refractivity contribution >= 4 is 11.6 Å². The number of rotatable bonds is 7. The van der Waals surface area contributed by atoms with Crippen molar-refractivity contribution in [3.8, 4) is 0 Å². The SMILES string of the molecule is O=C(Cc1ccc([N+](=O)[O-])cc1)NCC1CN(Cc2ccccc2)CCO1. The maximum Gasteiger partial charge on any atom is 0.269 e. The van der Waals surface area contributed by atoms with Crippen LogP contribution in [0.25, 0.3) is 0 Å². The van der Waals surface area contributed by atoms with Crippen molar-refractivity contribution in [2.24, 2.45) is 0 Å². The van der Waals surface area contributed by atoms with Crippen molar-refractivity contribution in [2.75, 3.05) is 26.2 Å². The predicted octanol–water partition coefficient (Wildman–Crippen LogP) is 2.15. The van der Waals surface area contributed by atoms with E-state index in [1.165, 1.54) is 17.7 Å². The van der Waals surface area contributed by atoms with E-state index < -0.39 is 4.92 Å². The summed E-state index contributed by atoms with van der Waals surface area (Å²) in [5, 5.41) is 13.6.